The first-order valence-corrected chi connectivity index (χ1v) is 4.45. The van der Waals surface area contributed by atoms with Crippen LogP contribution in [0.3, 0.4) is 0 Å². The lowest BCUT2D eigenvalue weighted by Gasteiger charge is -2.03. The molecule has 0 heterocycles. The maximum atomic E-state index is 11.3. The minimum Gasteiger partial charge on any atom is -0.465 e. The number of hydrogen-bond donors (Lipinski definition) is 0. The molecule has 0 N–H and O–H groups in total. The summed E-state index contributed by atoms with van der Waals surface area (Å²) in [6.45, 7) is 1.90. The number of aryl methyl sites for hydroxylation is 1. The zero-order chi connectivity index (χ0) is 11.4. The summed E-state index contributed by atoms with van der Waals surface area (Å²) in [4.78, 5) is 21.3. The molecule has 0 aliphatic rings. The fourth-order valence-electron chi connectivity index (χ4n) is 1.24. The maximum absolute atomic E-state index is 11.3. The molecule has 0 atom stereocenters. The van der Waals surface area contributed by atoms with Gasteiger partial charge in [0.05, 0.1) is 12.0 Å². The van der Waals surface area contributed by atoms with E-state index in [0.717, 1.165) is 5.56 Å². The smallest absolute Gasteiger partial charge is 0.344 e. The number of nitro groups is 1. The molecule has 0 amide bonds. The van der Waals surface area contributed by atoms with Gasteiger partial charge in [0.25, 0.3) is 5.69 Å². The van der Waals surface area contributed by atoms with Crippen LogP contribution in [0.1, 0.15) is 22.8 Å². The zero-order valence-electron chi connectivity index (χ0n) is 8.52. The van der Waals surface area contributed by atoms with Crippen molar-refractivity contribution in [2.24, 2.45) is 0 Å². The van der Waals surface area contributed by atoms with Gasteiger partial charge in [0.1, 0.15) is 5.56 Å². The van der Waals surface area contributed by atoms with E-state index in [1.54, 1.807) is 6.07 Å². The van der Waals surface area contributed by atoms with E-state index in [-0.39, 0.29) is 11.3 Å². The topological polar surface area (TPSA) is 69.4 Å². The third kappa shape index (κ3) is 2.31. The normalized spacial score (nSPS) is 9.73. The van der Waals surface area contributed by atoms with Gasteiger partial charge in [0, 0.05) is 6.07 Å². The molecular weight excluding hydrogens is 198 g/mol. The van der Waals surface area contributed by atoms with Gasteiger partial charge in [-0.25, -0.2) is 4.79 Å². The monoisotopic (exact) mass is 209 g/mol. The number of ether oxygens (including phenoxy) is 1. The molecule has 0 radical (unpaired) electrons. The van der Waals surface area contributed by atoms with E-state index in [0.29, 0.717) is 6.42 Å². The summed E-state index contributed by atoms with van der Waals surface area (Å²) in [5.74, 6) is -0.683. The van der Waals surface area contributed by atoms with Crippen molar-refractivity contribution in [3.63, 3.8) is 0 Å². The second kappa shape index (κ2) is 4.54. The van der Waals surface area contributed by atoms with Crippen molar-refractivity contribution in [1.82, 2.24) is 0 Å². The molecule has 1 rings (SSSR count). The van der Waals surface area contributed by atoms with Crippen molar-refractivity contribution in [3.8, 4) is 0 Å². The van der Waals surface area contributed by atoms with Crippen LogP contribution in [0.25, 0.3) is 0 Å². The van der Waals surface area contributed by atoms with Crippen LogP contribution in [0.2, 0.25) is 0 Å². The molecule has 0 aliphatic heterocycles. The van der Waals surface area contributed by atoms with Crippen LogP contribution < -0.4 is 0 Å². The van der Waals surface area contributed by atoms with E-state index >= 15 is 0 Å². The minimum atomic E-state index is -0.683. The molecular formula is C10H11NO4. The predicted octanol–water partition coefficient (Wildman–Crippen LogP) is 1.94. The highest BCUT2D eigenvalue weighted by Gasteiger charge is 2.20. The first kappa shape index (κ1) is 11.2. The Kier molecular flexibility index (Phi) is 3.38. The summed E-state index contributed by atoms with van der Waals surface area (Å²) in [6.07, 6.45) is 0.710. The molecule has 0 aliphatic carbocycles. The lowest BCUT2D eigenvalue weighted by Crippen LogP contribution is -2.06. The number of carbonyl (C=O) groups is 1. The van der Waals surface area contributed by atoms with Crippen molar-refractivity contribution in [3.05, 3.63) is 39.4 Å². The minimum absolute atomic E-state index is 0.00171. The van der Waals surface area contributed by atoms with E-state index in [2.05, 4.69) is 4.74 Å². The summed E-state index contributed by atoms with van der Waals surface area (Å²) in [6, 6.07) is 4.44. The highest BCUT2D eigenvalue weighted by molar-refractivity contribution is 5.94. The van der Waals surface area contributed by atoms with Gasteiger partial charge in [-0.05, 0) is 18.1 Å². The van der Waals surface area contributed by atoms with E-state index < -0.39 is 10.9 Å². The van der Waals surface area contributed by atoms with Crippen molar-refractivity contribution in [1.29, 1.82) is 0 Å². The number of esters is 1. The fraction of sp³-hybridized carbons (Fsp3) is 0.300. The lowest BCUT2D eigenvalue weighted by molar-refractivity contribution is -0.385. The average Bonchev–Trinajstić information content (AvgIpc) is 2.26. The Balaban J connectivity index is 3.28. The van der Waals surface area contributed by atoms with Crippen LogP contribution in [-0.4, -0.2) is 18.0 Å². The Morgan fingerprint density at radius 3 is 2.67 bits per heavy atom. The van der Waals surface area contributed by atoms with Crippen molar-refractivity contribution >= 4 is 11.7 Å². The maximum Gasteiger partial charge on any atom is 0.344 e. The molecule has 15 heavy (non-hydrogen) atoms. The number of nitro benzene ring substituents is 1. The van der Waals surface area contributed by atoms with Gasteiger partial charge < -0.3 is 4.74 Å². The lowest BCUT2D eigenvalue weighted by atomic mass is 10.1. The van der Waals surface area contributed by atoms with E-state index in [1.165, 1.54) is 19.2 Å². The van der Waals surface area contributed by atoms with Crippen molar-refractivity contribution in [2.45, 2.75) is 13.3 Å². The van der Waals surface area contributed by atoms with Crippen molar-refractivity contribution < 1.29 is 14.5 Å². The SMILES string of the molecule is CCc1ccc([N+](=O)[O-])c(C(=O)OC)c1. The number of benzene rings is 1. The number of carbonyl (C=O) groups excluding carboxylic acids is 1. The third-order valence-electron chi connectivity index (χ3n) is 2.07. The third-order valence-corrected chi connectivity index (χ3v) is 2.07. The molecule has 0 aromatic heterocycles. The van der Waals surface area contributed by atoms with Gasteiger partial charge >= 0.3 is 5.97 Å². The Morgan fingerprint density at radius 2 is 2.20 bits per heavy atom. The molecule has 0 saturated heterocycles. The second-order valence-corrected chi connectivity index (χ2v) is 2.95. The Labute approximate surface area is 86.8 Å². The van der Waals surface area contributed by atoms with E-state index in [9.17, 15) is 14.9 Å². The second-order valence-electron chi connectivity index (χ2n) is 2.95. The largest absolute Gasteiger partial charge is 0.465 e. The van der Waals surface area contributed by atoms with Gasteiger partial charge in [0.2, 0.25) is 0 Å². The molecule has 5 heteroatoms. The summed E-state index contributed by atoms with van der Waals surface area (Å²) in [7, 11) is 1.20. The molecule has 0 unspecified atom stereocenters. The standard InChI is InChI=1S/C10H11NO4/c1-3-7-4-5-9(11(13)14)8(6-7)10(12)15-2/h4-6H,3H2,1-2H3. The van der Waals surface area contributed by atoms with E-state index in [1.807, 2.05) is 6.92 Å². The summed E-state index contributed by atoms with van der Waals surface area (Å²) >= 11 is 0. The van der Waals surface area contributed by atoms with Gasteiger partial charge in [0.15, 0.2) is 0 Å². The Hall–Kier alpha value is -1.91. The number of hydrogen-bond acceptors (Lipinski definition) is 4. The van der Waals surface area contributed by atoms with Gasteiger partial charge in [-0.1, -0.05) is 13.0 Å². The van der Waals surface area contributed by atoms with Crippen LogP contribution in [0.5, 0.6) is 0 Å². The summed E-state index contributed by atoms with van der Waals surface area (Å²) < 4.78 is 4.48. The van der Waals surface area contributed by atoms with E-state index in [4.69, 9.17) is 0 Å². The first-order chi connectivity index (χ1) is 7.10. The van der Waals surface area contributed by atoms with Crippen LogP contribution in [0.15, 0.2) is 18.2 Å². The molecule has 1 aromatic rings. The Morgan fingerprint density at radius 1 is 1.53 bits per heavy atom. The van der Waals surface area contributed by atoms with Crippen LogP contribution >= 0.6 is 0 Å². The first-order valence-electron chi connectivity index (χ1n) is 4.45. The van der Waals surface area contributed by atoms with Crippen LogP contribution in [-0.2, 0) is 11.2 Å². The molecule has 0 fully saturated rings. The van der Waals surface area contributed by atoms with Gasteiger partial charge in [-0.2, -0.15) is 0 Å². The van der Waals surface area contributed by atoms with Gasteiger partial charge in [-0.3, -0.25) is 10.1 Å². The molecule has 1 aromatic carbocycles. The number of methoxy groups -OCH3 is 1. The zero-order valence-corrected chi connectivity index (χ0v) is 8.52. The number of rotatable bonds is 3. The summed E-state index contributed by atoms with van der Waals surface area (Å²) in [5.41, 5.74) is 0.641. The quantitative estimate of drug-likeness (QED) is 0.433. The predicted molar refractivity (Wildman–Crippen MR) is 53.8 cm³/mol. The highest BCUT2D eigenvalue weighted by atomic mass is 16.6. The van der Waals surface area contributed by atoms with Crippen molar-refractivity contribution in [2.75, 3.05) is 7.11 Å². The molecule has 0 saturated carbocycles. The average molecular weight is 209 g/mol. The molecule has 80 valence electrons. The summed E-state index contributed by atoms with van der Waals surface area (Å²) in [5, 5.41) is 10.6. The molecule has 5 nitrogen and oxygen atoms in total. The van der Waals surface area contributed by atoms with Crippen LogP contribution in [0.4, 0.5) is 5.69 Å². The molecule has 0 bridgehead atoms. The number of nitrogens with zero attached hydrogens (tertiary/aromatic N) is 1. The Bertz CT molecular complexity index is 400. The van der Waals surface area contributed by atoms with Crippen LogP contribution in [0, 0.1) is 10.1 Å². The highest BCUT2D eigenvalue weighted by Crippen LogP contribution is 2.21. The fourth-order valence-corrected chi connectivity index (χ4v) is 1.24. The molecule has 0 spiro atoms. The van der Waals surface area contributed by atoms with Gasteiger partial charge in [-0.15, -0.1) is 0 Å².